The minimum Gasteiger partial charge on any atom is -0.334 e. The van der Waals surface area contributed by atoms with Gasteiger partial charge in [-0.05, 0) is 38.7 Å². The average molecular weight is 397 g/mol. The number of thiazole rings is 1. The summed E-state index contributed by atoms with van der Waals surface area (Å²) in [5.41, 5.74) is 6.20. The Balaban J connectivity index is 1.42. The number of carbonyl (C=O) groups is 1. The largest absolute Gasteiger partial charge is 0.334 e. The van der Waals surface area contributed by atoms with Gasteiger partial charge in [-0.3, -0.25) is 9.69 Å². The normalized spacial score (nSPS) is 22.7. The molecule has 0 radical (unpaired) electrons. The molecule has 2 bridgehead atoms. The van der Waals surface area contributed by atoms with E-state index in [9.17, 15) is 4.79 Å². The van der Waals surface area contributed by atoms with E-state index in [2.05, 4.69) is 30.2 Å². The first-order valence-electron chi connectivity index (χ1n) is 9.81. The van der Waals surface area contributed by atoms with Gasteiger partial charge in [0.1, 0.15) is 5.56 Å². The lowest BCUT2D eigenvalue weighted by molar-refractivity contribution is 0.0586. The first-order valence-corrected chi connectivity index (χ1v) is 10.7. The molecule has 1 amide bonds. The maximum atomic E-state index is 13.5. The summed E-state index contributed by atoms with van der Waals surface area (Å²) in [6.45, 7) is 7.58. The van der Waals surface area contributed by atoms with Gasteiger partial charge < -0.3 is 4.90 Å². The molecule has 2 atom stereocenters. The number of hydrogen-bond acceptors (Lipinski definition) is 6. The molecular formula is C20H24N6OS. The highest BCUT2D eigenvalue weighted by Crippen LogP contribution is 2.30. The van der Waals surface area contributed by atoms with Crippen LogP contribution in [0.4, 0.5) is 0 Å². The van der Waals surface area contributed by atoms with Crippen LogP contribution in [0.15, 0.2) is 23.2 Å². The summed E-state index contributed by atoms with van der Waals surface area (Å²) in [6.07, 6.45) is 3.94. The van der Waals surface area contributed by atoms with E-state index in [1.807, 2.05) is 25.4 Å². The first-order chi connectivity index (χ1) is 13.6. The van der Waals surface area contributed by atoms with Gasteiger partial charge >= 0.3 is 0 Å². The zero-order valence-corrected chi connectivity index (χ0v) is 17.0. The summed E-state index contributed by atoms with van der Waals surface area (Å²) in [6, 6.07) is 2.23. The van der Waals surface area contributed by atoms with Crippen molar-refractivity contribution in [2.45, 2.75) is 39.3 Å². The molecule has 3 fully saturated rings. The Labute approximate surface area is 168 Å². The number of piperidine rings is 1. The second kappa shape index (κ2) is 6.93. The smallest absolute Gasteiger partial charge is 0.259 e. The quantitative estimate of drug-likeness (QED) is 0.681. The summed E-state index contributed by atoms with van der Waals surface area (Å²) in [4.78, 5) is 27.0. The Morgan fingerprint density at radius 2 is 2.14 bits per heavy atom. The summed E-state index contributed by atoms with van der Waals surface area (Å²) in [5.74, 6) is 0.581. The van der Waals surface area contributed by atoms with Gasteiger partial charge in [-0.25, -0.2) is 14.5 Å². The lowest BCUT2D eigenvalue weighted by atomic mass is 9.94. The average Bonchev–Trinajstić information content (AvgIpc) is 3.24. The molecule has 8 heteroatoms. The van der Waals surface area contributed by atoms with E-state index >= 15 is 0 Å². The third-order valence-electron chi connectivity index (χ3n) is 5.93. The predicted octanol–water partition coefficient (Wildman–Crippen LogP) is 2.54. The number of aryl methyl sites for hydroxylation is 2. The van der Waals surface area contributed by atoms with E-state index < -0.39 is 0 Å². The van der Waals surface area contributed by atoms with Crippen molar-refractivity contribution in [2.24, 2.45) is 5.92 Å². The highest BCUT2D eigenvalue weighted by atomic mass is 32.1. The van der Waals surface area contributed by atoms with Crippen LogP contribution in [0, 0.1) is 19.8 Å². The highest BCUT2D eigenvalue weighted by molar-refractivity contribution is 7.07. The van der Waals surface area contributed by atoms with E-state index in [0.717, 1.165) is 49.7 Å². The molecule has 0 spiro atoms. The molecule has 7 nitrogen and oxygen atoms in total. The minimum atomic E-state index is 0.0673. The first kappa shape index (κ1) is 17.8. The molecule has 0 aromatic carbocycles. The molecule has 2 unspecified atom stereocenters. The molecule has 3 aromatic rings. The maximum absolute atomic E-state index is 13.5. The van der Waals surface area contributed by atoms with Crippen molar-refractivity contribution in [1.29, 1.82) is 0 Å². The molecule has 3 saturated heterocycles. The van der Waals surface area contributed by atoms with Gasteiger partial charge in [0.25, 0.3) is 5.91 Å². The second-order valence-corrected chi connectivity index (χ2v) is 8.78. The topological polar surface area (TPSA) is 66.6 Å². The minimum absolute atomic E-state index is 0.0673. The number of hydrogen-bond donors (Lipinski definition) is 0. The molecule has 146 valence electrons. The van der Waals surface area contributed by atoms with E-state index in [0.29, 0.717) is 17.1 Å². The molecule has 6 rings (SSSR count). The fourth-order valence-corrected chi connectivity index (χ4v) is 5.23. The number of rotatable bonds is 3. The summed E-state index contributed by atoms with van der Waals surface area (Å²) < 4.78 is 1.77. The van der Waals surface area contributed by atoms with Crippen LogP contribution >= 0.6 is 11.3 Å². The van der Waals surface area contributed by atoms with Gasteiger partial charge in [-0.1, -0.05) is 0 Å². The third-order valence-corrected chi connectivity index (χ3v) is 6.56. The number of nitrogens with zero attached hydrogens (tertiary/aromatic N) is 6. The van der Waals surface area contributed by atoms with Crippen LogP contribution in [0.3, 0.4) is 0 Å². The summed E-state index contributed by atoms with van der Waals surface area (Å²) in [5, 5.41) is 6.53. The van der Waals surface area contributed by atoms with Crippen molar-refractivity contribution >= 4 is 22.9 Å². The Bertz CT molecular complexity index is 1010. The van der Waals surface area contributed by atoms with E-state index in [-0.39, 0.29) is 11.9 Å². The number of aromatic nitrogens is 4. The van der Waals surface area contributed by atoms with Crippen LogP contribution < -0.4 is 0 Å². The van der Waals surface area contributed by atoms with Crippen LogP contribution in [-0.2, 0) is 6.54 Å². The fraction of sp³-hybridized carbons (Fsp3) is 0.500. The maximum Gasteiger partial charge on any atom is 0.259 e. The standard InChI is InChI=1S/C20H24N6OS/c1-13-5-14(2)26-19(23-13)18(6-22-26)20(27)25-8-15-3-4-17(25)10-24(7-15)9-16-11-28-12-21-16/h5-6,11-12,15,17H,3-4,7-10H2,1-2H3. The molecule has 0 N–H and O–H groups in total. The van der Waals surface area contributed by atoms with Crippen LogP contribution in [0.25, 0.3) is 5.65 Å². The summed E-state index contributed by atoms with van der Waals surface area (Å²) >= 11 is 1.64. The van der Waals surface area contributed by atoms with Crippen LogP contribution in [-0.4, -0.2) is 61.0 Å². The monoisotopic (exact) mass is 396 g/mol. The Morgan fingerprint density at radius 1 is 1.25 bits per heavy atom. The lowest BCUT2D eigenvalue weighted by Crippen LogP contribution is -2.47. The molecule has 3 aliphatic heterocycles. The molecule has 3 aromatic heterocycles. The van der Waals surface area contributed by atoms with Gasteiger partial charge in [0.2, 0.25) is 0 Å². The molecule has 0 saturated carbocycles. The lowest BCUT2D eigenvalue weighted by Gasteiger charge is -2.36. The zero-order chi connectivity index (χ0) is 19.3. The predicted molar refractivity (Wildman–Crippen MR) is 107 cm³/mol. The zero-order valence-electron chi connectivity index (χ0n) is 16.2. The van der Waals surface area contributed by atoms with Crippen LogP contribution in [0.2, 0.25) is 0 Å². The van der Waals surface area contributed by atoms with Crippen molar-refractivity contribution in [3.63, 3.8) is 0 Å². The molecule has 0 aliphatic carbocycles. The van der Waals surface area contributed by atoms with Crippen molar-refractivity contribution < 1.29 is 4.79 Å². The van der Waals surface area contributed by atoms with Gasteiger partial charge in [0, 0.05) is 49.0 Å². The van der Waals surface area contributed by atoms with E-state index in [1.165, 1.54) is 6.42 Å². The van der Waals surface area contributed by atoms with Gasteiger partial charge in [-0.2, -0.15) is 5.10 Å². The second-order valence-electron chi connectivity index (χ2n) is 8.06. The number of carbonyl (C=O) groups excluding carboxylic acids is 1. The molecular weight excluding hydrogens is 372 g/mol. The van der Waals surface area contributed by atoms with Gasteiger partial charge in [0.15, 0.2) is 5.65 Å². The fourth-order valence-electron chi connectivity index (χ4n) is 4.68. The Hall–Kier alpha value is -2.32. The van der Waals surface area contributed by atoms with Gasteiger partial charge in [0.05, 0.1) is 17.4 Å². The van der Waals surface area contributed by atoms with Crippen molar-refractivity contribution in [1.82, 2.24) is 29.4 Å². The molecule has 28 heavy (non-hydrogen) atoms. The molecule has 3 aliphatic rings. The number of fused-ring (bicyclic) bond motifs is 5. The van der Waals surface area contributed by atoms with Crippen molar-refractivity contribution in [3.05, 3.63) is 45.8 Å². The van der Waals surface area contributed by atoms with Crippen molar-refractivity contribution in [3.8, 4) is 0 Å². The van der Waals surface area contributed by atoms with E-state index in [4.69, 9.17) is 0 Å². The SMILES string of the molecule is Cc1cc(C)n2ncc(C(=O)N3CC4CCC3CN(Cc3cscn3)C4)c2n1. The van der Waals surface area contributed by atoms with Crippen molar-refractivity contribution in [2.75, 3.05) is 19.6 Å². The summed E-state index contributed by atoms with van der Waals surface area (Å²) in [7, 11) is 0. The Morgan fingerprint density at radius 3 is 2.96 bits per heavy atom. The third kappa shape index (κ3) is 3.10. The van der Waals surface area contributed by atoms with Crippen LogP contribution in [0.5, 0.6) is 0 Å². The van der Waals surface area contributed by atoms with Gasteiger partial charge in [-0.15, -0.1) is 11.3 Å². The van der Waals surface area contributed by atoms with E-state index in [1.54, 1.807) is 22.0 Å². The number of amides is 1. The Kier molecular flexibility index (Phi) is 4.40. The highest BCUT2D eigenvalue weighted by Gasteiger charge is 2.38. The molecule has 6 heterocycles. The van der Waals surface area contributed by atoms with Crippen LogP contribution in [0.1, 0.15) is 40.3 Å².